The average molecular weight is 252 g/mol. The van der Waals surface area contributed by atoms with Crippen LogP contribution in [0.15, 0.2) is 42.5 Å². The molecule has 0 aliphatic heterocycles. The van der Waals surface area contributed by atoms with Crippen LogP contribution in [0, 0.1) is 11.8 Å². The summed E-state index contributed by atoms with van der Waals surface area (Å²) in [6.07, 6.45) is 3.06. The highest BCUT2D eigenvalue weighted by atomic mass is 16.3. The van der Waals surface area contributed by atoms with Crippen LogP contribution in [0.3, 0.4) is 0 Å². The normalized spacial score (nSPS) is 13.6. The van der Waals surface area contributed by atoms with Gasteiger partial charge in [-0.1, -0.05) is 61.6 Å². The molecule has 2 rings (SSSR count). The molecular weight excluding hydrogens is 232 g/mol. The van der Waals surface area contributed by atoms with Crippen LogP contribution < -0.4 is 0 Å². The largest absolute Gasteiger partial charge is 0.374 e. The van der Waals surface area contributed by atoms with E-state index in [-0.39, 0.29) is 0 Å². The molecule has 0 fully saturated rings. The number of unbranched alkanes of at least 4 members (excludes halogenated alkanes) is 2. The lowest BCUT2D eigenvalue weighted by molar-refractivity contribution is 0.122. The van der Waals surface area contributed by atoms with E-state index in [0.717, 1.165) is 30.2 Å². The van der Waals surface area contributed by atoms with Gasteiger partial charge in [0.15, 0.2) is 0 Å². The second kappa shape index (κ2) is 5.91. The fourth-order valence-electron chi connectivity index (χ4n) is 2.06. The number of aliphatic hydroxyl groups is 1. The van der Waals surface area contributed by atoms with E-state index >= 15 is 0 Å². The van der Waals surface area contributed by atoms with Gasteiger partial charge in [-0.15, -0.1) is 0 Å². The highest BCUT2D eigenvalue weighted by molar-refractivity contribution is 5.83. The van der Waals surface area contributed by atoms with Gasteiger partial charge in [0.25, 0.3) is 0 Å². The molecular formula is C18H20O. The summed E-state index contributed by atoms with van der Waals surface area (Å²) >= 11 is 0. The highest BCUT2D eigenvalue weighted by Gasteiger charge is 2.19. The van der Waals surface area contributed by atoms with Crippen molar-refractivity contribution >= 4 is 10.8 Å². The Kier molecular flexibility index (Phi) is 4.24. The number of fused-ring (bicyclic) bond motifs is 1. The molecule has 0 heterocycles. The first-order chi connectivity index (χ1) is 9.13. The standard InChI is InChI=1S/C18H20O/c1-3-4-5-8-13-18(2,19)17-12-11-15-9-6-7-10-16(15)14-17/h6-7,9-12,14,19H,3-5H2,1-2H3. The molecule has 2 aromatic rings. The minimum absolute atomic E-state index is 0.847. The molecule has 19 heavy (non-hydrogen) atoms. The Bertz CT molecular complexity index is 614. The first-order valence-corrected chi connectivity index (χ1v) is 6.85. The van der Waals surface area contributed by atoms with E-state index in [2.05, 4.69) is 30.9 Å². The van der Waals surface area contributed by atoms with E-state index in [9.17, 15) is 5.11 Å². The molecule has 1 N–H and O–H groups in total. The molecule has 0 aromatic heterocycles. The molecule has 0 saturated carbocycles. The molecule has 0 bridgehead atoms. The molecule has 1 nitrogen and oxygen atoms in total. The number of hydrogen-bond acceptors (Lipinski definition) is 1. The highest BCUT2D eigenvalue weighted by Crippen LogP contribution is 2.24. The summed E-state index contributed by atoms with van der Waals surface area (Å²) in [6, 6.07) is 14.2. The topological polar surface area (TPSA) is 20.2 Å². The summed E-state index contributed by atoms with van der Waals surface area (Å²) in [5, 5.41) is 12.8. The van der Waals surface area contributed by atoms with Crippen LogP contribution in [-0.2, 0) is 5.60 Å². The Hall–Kier alpha value is -1.78. The molecule has 1 atom stereocenters. The van der Waals surface area contributed by atoms with Crippen LogP contribution in [0.4, 0.5) is 0 Å². The predicted octanol–water partition coefficient (Wildman–Crippen LogP) is 4.24. The molecule has 0 aliphatic rings. The van der Waals surface area contributed by atoms with Crippen LogP contribution in [0.5, 0.6) is 0 Å². The maximum absolute atomic E-state index is 10.5. The fraction of sp³-hybridized carbons (Fsp3) is 0.333. The SMILES string of the molecule is CCCCC#CC(C)(O)c1ccc2ccccc2c1. The van der Waals surface area contributed by atoms with Crippen molar-refractivity contribution in [3.8, 4) is 11.8 Å². The van der Waals surface area contributed by atoms with Crippen LogP contribution in [0.1, 0.15) is 38.7 Å². The van der Waals surface area contributed by atoms with Gasteiger partial charge in [-0.2, -0.15) is 0 Å². The molecule has 0 saturated heterocycles. The van der Waals surface area contributed by atoms with Crippen molar-refractivity contribution in [1.29, 1.82) is 0 Å². The van der Waals surface area contributed by atoms with Gasteiger partial charge in [-0.3, -0.25) is 0 Å². The van der Waals surface area contributed by atoms with Crippen molar-refractivity contribution in [3.05, 3.63) is 48.0 Å². The van der Waals surface area contributed by atoms with E-state index in [4.69, 9.17) is 0 Å². The van der Waals surface area contributed by atoms with Crippen molar-refractivity contribution in [3.63, 3.8) is 0 Å². The van der Waals surface area contributed by atoms with E-state index in [1.54, 1.807) is 6.92 Å². The van der Waals surface area contributed by atoms with Gasteiger partial charge in [-0.05, 0) is 35.7 Å². The van der Waals surface area contributed by atoms with Gasteiger partial charge in [0.2, 0.25) is 0 Å². The number of rotatable bonds is 3. The third-order valence-electron chi connectivity index (χ3n) is 3.30. The maximum atomic E-state index is 10.5. The number of hydrogen-bond donors (Lipinski definition) is 1. The van der Waals surface area contributed by atoms with Crippen molar-refractivity contribution in [1.82, 2.24) is 0 Å². The van der Waals surface area contributed by atoms with Crippen LogP contribution in [-0.4, -0.2) is 5.11 Å². The Morgan fingerprint density at radius 2 is 1.84 bits per heavy atom. The molecule has 0 radical (unpaired) electrons. The van der Waals surface area contributed by atoms with Crippen molar-refractivity contribution in [2.45, 2.75) is 38.7 Å². The van der Waals surface area contributed by atoms with E-state index in [0.29, 0.717) is 0 Å². The minimum atomic E-state index is -1.07. The molecule has 1 heteroatoms. The van der Waals surface area contributed by atoms with Crippen LogP contribution >= 0.6 is 0 Å². The van der Waals surface area contributed by atoms with E-state index in [1.165, 1.54) is 5.39 Å². The van der Waals surface area contributed by atoms with Gasteiger partial charge < -0.3 is 5.11 Å². The Balaban J connectivity index is 2.28. The molecule has 98 valence electrons. The smallest absolute Gasteiger partial charge is 0.148 e. The van der Waals surface area contributed by atoms with E-state index < -0.39 is 5.60 Å². The maximum Gasteiger partial charge on any atom is 0.148 e. The van der Waals surface area contributed by atoms with Gasteiger partial charge >= 0.3 is 0 Å². The third-order valence-corrected chi connectivity index (χ3v) is 3.30. The van der Waals surface area contributed by atoms with Crippen LogP contribution in [0.2, 0.25) is 0 Å². The zero-order valence-electron chi connectivity index (χ0n) is 11.6. The minimum Gasteiger partial charge on any atom is -0.374 e. The predicted molar refractivity (Wildman–Crippen MR) is 80.8 cm³/mol. The Morgan fingerprint density at radius 1 is 1.11 bits per heavy atom. The summed E-state index contributed by atoms with van der Waals surface area (Å²) in [5.41, 5.74) is -0.215. The summed E-state index contributed by atoms with van der Waals surface area (Å²) < 4.78 is 0. The zero-order chi connectivity index (χ0) is 13.7. The fourth-order valence-corrected chi connectivity index (χ4v) is 2.06. The lowest BCUT2D eigenvalue weighted by Crippen LogP contribution is -2.18. The van der Waals surface area contributed by atoms with Gasteiger partial charge in [0.05, 0.1) is 0 Å². The molecule has 1 unspecified atom stereocenters. The van der Waals surface area contributed by atoms with Gasteiger partial charge in [0, 0.05) is 6.42 Å². The lowest BCUT2D eigenvalue weighted by atomic mass is 9.94. The summed E-state index contributed by atoms with van der Waals surface area (Å²) in [6.45, 7) is 3.90. The van der Waals surface area contributed by atoms with Crippen LogP contribution in [0.25, 0.3) is 10.8 Å². The third kappa shape index (κ3) is 3.36. The van der Waals surface area contributed by atoms with Gasteiger partial charge in [-0.25, -0.2) is 0 Å². The quantitative estimate of drug-likeness (QED) is 0.640. The summed E-state index contributed by atoms with van der Waals surface area (Å²) in [7, 11) is 0. The Morgan fingerprint density at radius 3 is 2.58 bits per heavy atom. The molecule has 0 amide bonds. The summed E-state index contributed by atoms with van der Waals surface area (Å²) in [4.78, 5) is 0. The number of benzene rings is 2. The zero-order valence-corrected chi connectivity index (χ0v) is 11.6. The van der Waals surface area contributed by atoms with Crippen molar-refractivity contribution < 1.29 is 5.11 Å². The van der Waals surface area contributed by atoms with Crippen molar-refractivity contribution in [2.24, 2.45) is 0 Å². The lowest BCUT2D eigenvalue weighted by Gasteiger charge is -2.17. The van der Waals surface area contributed by atoms with Gasteiger partial charge in [0.1, 0.15) is 5.60 Å². The second-order valence-electron chi connectivity index (χ2n) is 5.04. The van der Waals surface area contributed by atoms with Crippen molar-refractivity contribution in [2.75, 3.05) is 0 Å². The summed E-state index contributed by atoms with van der Waals surface area (Å²) in [5.74, 6) is 6.05. The van der Waals surface area contributed by atoms with E-state index in [1.807, 2.05) is 30.3 Å². The Labute approximate surface area is 115 Å². The average Bonchev–Trinajstić information content (AvgIpc) is 2.43. The molecule has 0 aliphatic carbocycles. The monoisotopic (exact) mass is 252 g/mol. The first kappa shape index (κ1) is 13.6. The first-order valence-electron chi connectivity index (χ1n) is 6.85. The molecule has 2 aromatic carbocycles. The molecule has 0 spiro atoms. The second-order valence-corrected chi connectivity index (χ2v) is 5.04.